The van der Waals surface area contributed by atoms with Crippen LogP contribution in [0.15, 0.2) is 53.6 Å². The summed E-state index contributed by atoms with van der Waals surface area (Å²) in [6.45, 7) is 0. The average Bonchev–Trinajstić information content (AvgIpc) is 2.90. The zero-order valence-corrected chi connectivity index (χ0v) is 11.4. The highest BCUT2D eigenvalue weighted by atomic mass is 32.2. The van der Waals surface area contributed by atoms with Gasteiger partial charge < -0.3 is 0 Å². The summed E-state index contributed by atoms with van der Waals surface area (Å²) in [5.74, 6) is 0.106. The number of benzene rings is 1. The van der Waals surface area contributed by atoms with Gasteiger partial charge in [-0.3, -0.25) is 4.40 Å². The minimum Gasteiger partial charge on any atom is -0.268 e. The zero-order chi connectivity index (χ0) is 14.9. The van der Waals surface area contributed by atoms with Crippen molar-refractivity contribution in [2.24, 2.45) is 0 Å². The average molecular weight is 299 g/mol. The largest absolute Gasteiger partial charge is 0.268 e. The van der Waals surface area contributed by atoms with Gasteiger partial charge in [0, 0.05) is 6.20 Å². The Morgan fingerprint density at radius 3 is 2.57 bits per heavy atom. The van der Waals surface area contributed by atoms with E-state index in [0.717, 1.165) is 0 Å². The van der Waals surface area contributed by atoms with Gasteiger partial charge in [0.15, 0.2) is 5.65 Å². The van der Waals surface area contributed by atoms with E-state index in [-0.39, 0.29) is 10.8 Å². The number of hydrogen-bond acceptors (Lipinski definition) is 5. The Morgan fingerprint density at radius 2 is 1.86 bits per heavy atom. The smallest absolute Gasteiger partial charge is 0.264 e. The molecule has 0 atom stereocenters. The SMILES string of the molecule is N#Cc1ccc(S(=O)(=O)Nc2nnc3ccccn23)cc1. The molecule has 2 heterocycles. The van der Waals surface area contributed by atoms with Crippen molar-refractivity contribution in [3.05, 3.63) is 54.2 Å². The molecule has 21 heavy (non-hydrogen) atoms. The molecule has 1 aromatic carbocycles. The highest BCUT2D eigenvalue weighted by molar-refractivity contribution is 7.92. The van der Waals surface area contributed by atoms with E-state index in [1.54, 1.807) is 24.4 Å². The Hall–Kier alpha value is -2.92. The number of anilines is 1. The first kappa shape index (κ1) is 13.1. The van der Waals surface area contributed by atoms with Gasteiger partial charge in [-0.05, 0) is 36.4 Å². The van der Waals surface area contributed by atoms with Crippen molar-refractivity contribution >= 4 is 21.6 Å². The zero-order valence-electron chi connectivity index (χ0n) is 10.6. The van der Waals surface area contributed by atoms with Gasteiger partial charge >= 0.3 is 0 Å². The lowest BCUT2D eigenvalue weighted by Crippen LogP contribution is -2.15. The molecular formula is C13H9N5O2S. The number of rotatable bonds is 3. The first-order valence-corrected chi connectivity index (χ1v) is 7.41. The molecule has 0 spiro atoms. The van der Waals surface area contributed by atoms with Gasteiger partial charge in [-0.15, -0.1) is 10.2 Å². The second-order valence-corrected chi connectivity index (χ2v) is 5.88. The van der Waals surface area contributed by atoms with Crippen LogP contribution in [0.5, 0.6) is 0 Å². The lowest BCUT2D eigenvalue weighted by molar-refractivity contribution is 0.600. The molecule has 0 unspecified atom stereocenters. The highest BCUT2D eigenvalue weighted by Crippen LogP contribution is 2.15. The third-order valence-electron chi connectivity index (χ3n) is 2.83. The molecule has 2 aromatic heterocycles. The Bertz CT molecular complexity index is 939. The molecule has 3 aromatic rings. The molecule has 3 rings (SSSR count). The molecule has 8 heteroatoms. The lowest BCUT2D eigenvalue weighted by Gasteiger charge is -2.06. The second-order valence-electron chi connectivity index (χ2n) is 4.19. The van der Waals surface area contributed by atoms with E-state index in [2.05, 4.69) is 14.9 Å². The van der Waals surface area contributed by atoms with E-state index >= 15 is 0 Å². The fourth-order valence-corrected chi connectivity index (χ4v) is 2.79. The van der Waals surface area contributed by atoms with Gasteiger partial charge in [-0.1, -0.05) is 6.07 Å². The number of nitriles is 1. The summed E-state index contributed by atoms with van der Waals surface area (Å²) in [4.78, 5) is 0.0502. The molecular weight excluding hydrogens is 290 g/mol. The number of aromatic nitrogens is 3. The molecule has 104 valence electrons. The summed E-state index contributed by atoms with van der Waals surface area (Å²) in [6, 6.07) is 12.8. The lowest BCUT2D eigenvalue weighted by atomic mass is 10.2. The van der Waals surface area contributed by atoms with Crippen molar-refractivity contribution in [1.29, 1.82) is 5.26 Å². The molecule has 0 saturated heterocycles. The van der Waals surface area contributed by atoms with Crippen LogP contribution in [0.1, 0.15) is 5.56 Å². The van der Waals surface area contributed by atoms with Crippen LogP contribution in [0.2, 0.25) is 0 Å². The Labute approximate surface area is 120 Å². The van der Waals surface area contributed by atoms with E-state index in [1.165, 1.54) is 28.7 Å². The number of fused-ring (bicyclic) bond motifs is 1. The third-order valence-corrected chi connectivity index (χ3v) is 4.18. The normalized spacial score (nSPS) is 11.2. The van der Waals surface area contributed by atoms with Crippen molar-refractivity contribution in [3.8, 4) is 6.07 Å². The molecule has 0 aliphatic rings. The van der Waals surface area contributed by atoms with Crippen LogP contribution in [-0.4, -0.2) is 23.0 Å². The van der Waals surface area contributed by atoms with Gasteiger partial charge in [0.25, 0.3) is 10.0 Å². The first-order chi connectivity index (χ1) is 10.1. The summed E-state index contributed by atoms with van der Waals surface area (Å²) < 4.78 is 28.4. The predicted molar refractivity (Wildman–Crippen MR) is 75.0 cm³/mol. The maximum absolute atomic E-state index is 12.3. The predicted octanol–water partition coefficient (Wildman–Crippen LogP) is 1.40. The monoisotopic (exact) mass is 299 g/mol. The van der Waals surface area contributed by atoms with Crippen LogP contribution in [-0.2, 0) is 10.0 Å². The van der Waals surface area contributed by atoms with Gasteiger partial charge in [0.05, 0.1) is 16.5 Å². The number of nitrogens with one attached hydrogen (secondary N) is 1. The number of pyridine rings is 1. The summed E-state index contributed by atoms with van der Waals surface area (Å²) in [5.41, 5.74) is 0.928. The van der Waals surface area contributed by atoms with E-state index in [0.29, 0.717) is 11.2 Å². The molecule has 0 amide bonds. The van der Waals surface area contributed by atoms with Crippen LogP contribution >= 0.6 is 0 Å². The maximum atomic E-state index is 12.3. The van der Waals surface area contributed by atoms with Crippen LogP contribution in [0.3, 0.4) is 0 Å². The Balaban J connectivity index is 1.97. The van der Waals surface area contributed by atoms with Crippen molar-refractivity contribution in [2.75, 3.05) is 4.72 Å². The van der Waals surface area contributed by atoms with Crippen molar-refractivity contribution < 1.29 is 8.42 Å². The molecule has 0 fully saturated rings. The Kier molecular flexibility index (Phi) is 3.04. The maximum Gasteiger partial charge on any atom is 0.264 e. The molecule has 0 bridgehead atoms. The fraction of sp³-hybridized carbons (Fsp3) is 0. The standard InChI is InChI=1S/C13H9N5O2S/c14-9-10-4-6-11(7-5-10)21(19,20)17-13-16-15-12-3-1-2-8-18(12)13/h1-8H,(H,16,17). The number of hydrogen-bond donors (Lipinski definition) is 1. The fourth-order valence-electron chi connectivity index (χ4n) is 1.80. The number of sulfonamides is 1. The van der Waals surface area contributed by atoms with Crippen LogP contribution in [0.4, 0.5) is 5.95 Å². The summed E-state index contributed by atoms with van der Waals surface area (Å²) in [6.07, 6.45) is 1.66. The summed E-state index contributed by atoms with van der Waals surface area (Å²) in [7, 11) is -3.78. The van der Waals surface area contributed by atoms with Crippen molar-refractivity contribution in [2.45, 2.75) is 4.90 Å². The second kappa shape index (κ2) is 4.88. The van der Waals surface area contributed by atoms with E-state index in [1.807, 2.05) is 6.07 Å². The topological polar surface area (TPSA) is 100 Å². The van der Waals surface area contributed by atoms with Crippen molar-refractivity contribution in [3.63, 3.8) is 0 Å². The first-order valence-electron chi connectivity index (χ1n) is 5.93. The molecule has 0 saturated carbocycles. The highest BCUT2D eigenvalue weighted by Gasteiger charge is 2.17. The van der Waals surface area contributed by atoms with Crippen LogP contribution in [0.25, 0.3) is 5.65 Å². The quantitative estimate of drug-likeness (QED) is 0.788. The number of nitrogens with zero attached hydrogens (tertiary/aromatic N) is 4. The van der Waals surface area contributed by atoms with Gasteiger partial charge in [0.2, 0.25) is 5.95 Å². The minimum atomic E-state index is -3.78. The van der Waals surface area contributed by atoms with Crippen LogP contribution in [0, 0.1) is 11.3 Å². The van der Waals surface area contributed by atoms with Gasteiger partial charge in [0.1, 0.15) is 0 Å². The van der Waals surface area contributed by atoms with Crippen LogP contribution < -0.4 is 4.72 Å². The molecule has 7 nitrogen and oxygen atoms in total. The van der Waals surface area contributed by atoms with Crippen molar-refractivity contribution in [1.82, 2.24) is 14.6 Å². The van der Waals surface area contributed by atoms with Gasteiger partial charge in [-0.25, -0.2) is 13.1 Å². The van der Waals surface area contributed by atoms with E-state index in [9.17, 15) is 8.42 Å². The third kappa shape index (κ3) is 2.42. The molecule has 0 aliphatic heterocycles. The molecule has 0 aliphatic carbocycles. The molecule has 1 N–H and O–H groups in total. The summed E-state index contributed by atoms with van der Waals surface area (Å²) >= 11 is 0. The molecule has 0 radical (unpaired) electrons. The van der Waals surface area contributed by atoms with Gasteiger partial charge in [-0.2, -0.15) is 5.26 Å². The Morgan fingerprint density at radius 1 is 1.10 bits per heavy atom. The summed E-state index contributed by atoms with van der Waals surface area (Å²) in [5, 5.41) is 16.4. The minimum absolute atomic E-state index is 0.0502. The van der Waals surface area contributed by atoms with E-state index in [4.69, 9.17) is 5.26 Å². The van der Waals surface area contributed by atoms with E-state index < -0.39 is 10.0 Å².